The molecule has 0 aliphatic rings. The van der Waals surface area contributed by atoms with Crippen molar-refractivity contribution in [2.75, 3.05) is 25.0 Å². The van der Waals surface area contributed by atoms with Crippen molar-refractivity contribution in [3.8, 4) is 5.75 Å². The maximum atomic E-state index is 13.9. The van der Waals surface area contributed by atoms with Crippen molar-refractivity contribution >= 4 is 39.1 Å². The molecule has 0 heterocycles. The molecule has 1 N–H and O–H groups in total. The van der Waals surface area contributed by atoms with Gasteiger partial charge in [0.2, 0.25) is 11.8 Å². The van der Waals surface area contributed by atoms with Gasteiger partial charge in [0.1, 0.15) is 18.3 Å². The van der Waals surface area contributed by atoms with Crippen LogP contribution in [0, 0.1) is 13.8 Å². The number of nitrogens with zero attached hydrogens (tertiary/aromatic N) is 2. The molecular weight excluding hydrogens is 526 g/mol. The fourth-order valence-electron chi connectivity index (χ4n) is 4.01. The Labute approximate surface area is 229 Å². The van der Waals surface area contributed by atoms with Crippen molar-refractivity contribution in [2.24, 2.45) is 0 Å². The SMILES string of the molecule is CNC(=O)C(C)N(Cc1cccc(OC)c1)C(=O)CN(c1ccc(Cl)cc1C)S(=O)(=O)c1ccc(C)cc1. The first-order valence-corrected chi connectivity index (χ1v) is 13.8. The summed E-state index contributed by atoms with van der Waals surface area (Å²) in [5.74, 6) is -0.325. The van der Waals surface area contributed by atoms with Crippen molar-refractivity contribution in [3.05, 3.63) is 88.4 Å². The predicted octanol–water partition coefficient (Wildman–Crippen LogP) is 4.32. The first-order chi connectivity index (χ1) is 18.0. The number of carbonyl (C=O) groups is 2. The monoisotopic (exact) mass is 557 g/mol. The molecule has 0 aromatic heterocycles. The van der Waals surface area contributed by atoms with Gasteiger partial charge in [0.25, 0.3) is 10.0 Å². The zero-order chi connectivity index (χ0) is 28.0. The van der Waals surface area contributed by atoms with Gasteiger partial charge in [0.15, 0.2) is 0 Å². The number of ether oxygens (including phenoxy) is 1. The van der Waals surface area contributed by atoms with E-state index < -0.39 is 28.5 Å². The highest BCUT2D eigenvalue weighted by Gasteiger charge is 2.33. The van der Waals surface area contributed by atoms with E-state index in [0.717, 1.165) is 15.4 Å². The van der Waals surface area contributed by atoms with Gasteiger partial charge < -0.3 is 15.0 Å². The van der Waals surface area contributed by atoms with E-state index in [4.69, 9.17) is 16.3 Å². The predicted molar refractivity (Wildman–Crippen MR) is 149 cm³/mol. The van der Waals surface area contributed by atoms with E-state index in [9.17, 15) is 18.0 Å². The summed E-state index contributed by atoms with van der Waals surface area (Å²) < 4.78 is 34.1. The van der Waals surface area contributed by atoms with Crippen LogP contribution >= 0.6 is 11.6 Å². The summed E-state index contributed by atoms with van der Waals surface area (Å²) in [6.45, 7) is 4.73. The van der Waals surface area contributed by atoms with Crippen LogP contribution in [0.3, 0.4) is 0 Å². The molecule has 0 saturated heterocycles. The second-order valence-corrected chi connectivity index (χ2v) is 11.2. The van der Waals surface area contributed by atoms with E-state index in [0.29, 0.717) is 22.0 Å². The summed E-state index contributed by atoms with van der Waals surface area (Å²) in [6.07, 6.45) is 0. The average molecular weight is 558 g/mol. The number of benzene rings is 3. The normalized spacial score (nSPS) is 11.9. The van der Waals surface area contributed by atoms with E-state index in [1.165, 1.54) is 31.2 Å². The van der Waals surface area contributed by atoms with Gasteiger partial charge in [-0.2, -0.15) is 0 Å². The van der Waals surface area contributed by atoms with Crippen LogP contribution in [0.15, 0.2) is 71.6 Å². The maximum absolute atomic E-state index is 13.9. The second kappa shape index (κ2) is 12.3. The van der Waals surface area contributed by atoms with Crippen LogP contribution in [0.1, 0.15) is 23.6 Å². The van der Waals surface area contributed by atoms with Gasteiger partial charge in [-0.15, -0.1) is 0 Å². The minimum absolute atomic E-state index is 0.0453. The second-order valence-electron chi connectivity index (χ2n) is 8.92. The fourth-order valence-corrected chi connectivity index (χ4v) is 5.71. The summed E-state index contributed by atoms with van der Waals surface area (Å²) in [4.78, 5) is 27.8. The molecular formula is C28H32ClN3O5S. The Hall–Kier alpha value is -3.56. The summed E-state index contributed by atoms with van der Waals surface area (Å²) in [5, 5.41) is 3.01. The van der Waals surface area contributed by atoms with Crippen LogP contribution in [0.4, 0.5) is 5.69 Å². The summed E-state index contributed by atoms with van der Waals surface area (Å²) in [6, 6.07) is 17.5. The van der Waals surface area contributed by atoms with Gasteiger partial charge in [-0.3, -0.25) is 13.9 Å². The molecule has 0 spiro atoms. The zero-order valence-electron chi connectivity index (χ0n) is 22.1. The zero-order valence-corrected chi connectivity index (χ0v) is 23.6. The Morgan fingerprint density at radius 2 is 1.71 bits per heavy atom. The lowest BCUT2D eigenvalue weighted by Crippen LogP contribution is -2.50. The van der Waals surface area contributed by atoms with Crippen LogP contribution < -0.4 is 14.4 Å². The van der Waals surface area contributed by atoms with Crippen molar-refractivity contribution < 1.29 is 22.7 Å². The Bertz CT molecular complexity index is 1410. The van der Waals surface area contributed by atoms with Crippen LogP contribution in [-0.4, -0.2) is 51.9 Å². The van der Waals surface area contributed by atoms with E-state index in [2.05, 4.69) is 5.32 Å². The average Bonchev–Trinajstić information content (AvgIpc) is 2.90. The van der Waals surface area contributed by atoms with Crippen molar-refractivity contribution in [1.29, 1.82) is 0 Å². The maximum Gasteiger partial charge on any atom is 0.264 e. The topological polar surface area (TPSA) is 96.0 Å². The summed E-state index contributed by atoms with van der Waals surface area (Å²) in [5.41, 5.74) is 2.53. The number of rotatable bonds is 10. The molecule has 0 saturated carbocycles. The smallest absolute Gasteiger partial charge is 0.264 e. The van der Waals surface area contributed by atoms with E-state index in [-0.39, 0.29) is 17.3 Å². The van der Waals surface area contributed by atoms with Crippen LogP contribution in [0.2, 0.25) is 5.02 Å². The molecule has 202 valence electrons. The van der Waals surface area contributed by atoms with Gasteiger partial charge in [-0.05, 0) is 74.4 Å². The highest BCUT2D eigenvalue weighted by Crippen LogP contribution is 2.29. The third-order valence-electron chi connectivity index (χ3n) is 6.22. The molecule has 1 unspecified atom stereocenters. The Morgan fingerprint density at radius 3 is 2.32 bits per heavy atom. The van der Waals surface area contributed by atoms with E-state index in [1.807, 2.05) is 13.0 Å². The van der Waals surface area contributed by atoms with E-state index in [1.54, 1.807) is 62.4 Å². The molecule has 0 aliphatic heterocycles. The van der Waals surface area contributed by atoms with Crippen molar-refractivity contribution in [1.82, 2.24) is 10.2 Å². The number of sulfonamides is 1. The summed E-state index contributed by atoms with van der Waals surface area (Å²) >= 11 is 6.14. The Morgan fingerprint density at radius 1 is 1.03 bits per heavy atom. The van der Waals surface area contributed by atoms with Crippen LogP contribution in [0.5, 0.6) is 5.75 Å². The number of aryl methyl sites for hydroxylation is 2. The molecule has 3 rings (SSSR count). The molecule has 38 heavy (non-hydrogen) atoms. The van der Waals surface area contributed by atoms with Gasteiger partial charge in [-0.1, -0.05) is 41.4 Å². The molecule has 0 radical (unpaired) electrons. The lowest BCUT2D eigenvalue weighted by molar-refractivity contribution is -0.139. The molecule has 1 atom stereocenters. The lowest BCUT2D eigenvalue weighted by atomic mass is 10.1. The number of nitrogens with one attached hydrogen (secondary N) is 1. The minimum atomic E-state index is -4.15. The number of halogens is 1. The number of anilines is 1. The Balaban J connectivity index is 2.07. The van der Waals surface area contributed by atoms with Gasteiger partial charge in [-0.25, -0.2) is 8.42 Å². The number of carbonyl (C=O) groups excluding carboxylic acids is 2. The van der Waals surface area contributed by atoms with Crippen molar-refractivity contribution in [2.45, 2.75) is 38.3 Å². The quantitative estimate of drug-likeness (QED) is 0.400. The molecule has 3 aromatic carbocycles. The van der Waals surface area contributed by atoms with Crippen molar-refractivity contribution in [3.63, 3.8) is 0 Å². The molecule has 0 bridgehead atoms. The number of likely N-dealkylation sites (N-methyl/N-ethyl adjacent to an activating group) is 1. The molecule has 8 nitrogen and oxygen atoms in total. The number of hydrogen-bond acceptors (Lipinski definition) is 5. The minimum Gasteiger partial charge on any atom is -0.497 e. The first-order valence-electron chi connectivity index (χ1n) is 12.0. The Kier molecular flexibility index (Phi) is 9.40. The third kappa shape index (κ3) is 6.65. The molecule has 10 heteroatoms. The third-order valence-corrected chi connectivity index (χ3v) is 8.23. The molecule has 0 aliphatic carbocycles. The fraction of sp³-hybridized carbons (Fsp3) is 0.286. The highest BCUT2D eigenvalue weighted by atomic mass is 35.5. The number of hydrogen-bond donors (Lipinski definition) is 1. The highest BCUT2D eigenvalue weighted by molar-refractivity contribution is 7.92. The molecule has 2 amide bonds. The van der Waals surface area contributed by atoms with Crippen LogP contribution in [-0.2, 0) is 26.2 Å². The lowest BCUT2D eigenvalue weighted by Gasteiger charge is -2.32. The number of amides is 2. The van der Waals surface area contributed by atoms with Gasteiger partial charge in [0.05, 0.1) is 17.7 Å². The largest absolute Gasteiger partial charge is 0.497 e. The van der Waals surface area contributed by atoms with E-state index >= 15 is 0 Å². The molecule has 0 fully saturated rings. The van der Waals surface area contributed by atoms with Gasteiger partial charge in [0, 0.05) is 18.6 Å². The molecule has 3 aromatic rings. The number of methoxy groups -OCH3 is 1. The van der Waals surface area contributed by atoms with Gasteiger partial charge >= 0.3 is 0 Å². The summed E-state index contributed by atoms with van der Waals surface area (Å²) in [7, 11) is -1.12. The van der Waals surface area contributed by atoms with Crippen LogP contribution in [0.25, 0.3) is 0 Å². The standard InChI is InChI=1S/C28H32ClN3O5S/c1-19-9-12-25(13-10-19)38(35,36)32(26-14-11-23(29)15-20(26)2)18-27(33)31(21(3)28(34)30-4)17-22-7-6-8-24(16-22)37-5/h6-16,21H,17-18H2,1-5H3,(H,30,34). The first kappa shape index (κ1) is 29.0.